The minimum atomic E-state index is -0.227. The van der Waals surface area contributed by atoms with Gasteiger partial charge in [-0.05, 0) is 56.1 Å². The summed E-state index contributed by atoms with van der Waals surface area (Å²) in [4.78, 5) is 19.5. The first-order valence-corrected chi connectivity index (χ1v) is 11.9. The SMILES string of the molecule is C[C@H]1CCCCN1CCNC(=O)Cn1ccc2c(SCc3ccc(F)cc3)nccc21. The van der Waals surface area contributed by atoms with E-state index >= 15 is 0 Å². The van der Waals surface area contributed by atoms with Crippen LogP contribution in [-0.2, 0) is 17.1 Å². The average Bonchev–Trinajstić information content (AvgIpc) is 3.18. The zero-order valence-electron chi connectivity index (χ0n) is 17.9. The Balaban J connectivity index is 1.33. The Labute approximate surface area is 187 Å². The quantitative estimate of drug-likeness (QED) is 0.526. The molecule has 4 rings (SSSR count). The fourth-order valence-corrected chi connectivity index (χ4v) is 5.08. The summed E-state index contributed by atoms with van der Waals surface area (Å²) in [7, 11) is 0. The number of carbonyl (C=O) groups excluding carboxylic acids is 1. The first-order valence-electron chi connectivity index (χ1n) is 10.9. The van der Waals surface area contributed by atoms with Gasteiger partial charge in [0, 0.05) is 42.7 Å². The van der Waals surface area contributed by atoms with Gasteiger partial charge in [-0.15, -0.1) is 11.8 Å². The largest absolute Gasteiger partial charge is 0.353 e. The Hall–Kier alpha value is -2.38. The Morgan fingerprint density at radius 1 is 1.23 bits per heavy atom. The third kappa shape index (κ3) is 5.66. The molecule has 0 bridgehead atoms. The van der Waals surface area contributed by atoms with Gasteiger partial charge >= 0.3 is 0 Å². The van der Waals surface area contributed by atoms with Crippen molar-refractivity contribution in [3.05, 3.63) is 60.2 Å². The van der Waals surface area contributed by atoms with Gasteiger partial charge in [0.05, 0.1) is 5.52 Å². The standard InChI is InChI=1S/C24H29FN4OS/c1-18-4-2-3-13-28(18)15-12-26-23(30)16-29-14-10-21-22(29)9-11-27-24(21)31-17-19-5-7-20(25)8-6-19/h5-11,14,18H,2-4,12-13,15-17H2,1H3,(H,26,30)/t18-/m0/s1. The molecule has 0 saturated carbocycles. The molecule has 0 spiro atoms. The van der Waals surface area contributed by atoms with Crippen LogP contribution in [-0.4, -0.2) is 46.0 Å². The molecule has 7 heteroatoms. The van der Waals surface area contributed by atoms with Gasteiger partial charge in [0.2, 0.25) is 5.91 Å². The van der Waals surface area contributed by atoms with Crippen LogP contribution in [0.3, 0.4) is 0 Å². The van der Waals surface area contributed by atoms with E-state index in [9.17, 15) is 9.18 Å². The molecule has 1 atom stereocenters. The van der Waals surface area contributed by atoms with Crippen LogP contribution >= 0.6 is 11.8 Å². The molecule has 2 aromatic heterocycles. The minimum absolute atomic E-state index is 0.0273. The highest BCUT2D eigenvalue weighted by atomic mass is 32.2. The van der Waals surface area contributed by atoms with Crippen molar-refractivity contribution in [1.29, 1.82) is 0 Å². The highest BCUT2D eigenvalue weighted by molar-refractivity contribution is 7.98. The average molecular weight is 441 g/mol. The van der Waals surface area contributed by atoms with Crippen molar-refractivity contribution in [2.45, 2.75) is 49.6 Å². The number of carbonyl (C=O) groups is 1. The van der Waals surface area contributed by atoms with Crippen LogP contribution in [0.5, 0.6) is 0 Å². The zero-order valence-corrected chi connectivity index (χ0v) is 18.7. The van der Waals surface area contributed by atoms with Crippen LogP contribution in [0, 0.1) is 5.82 Å². The molecular weight excluding hydrogens is 411 g/mol. The van der Waals surface area contributed by atoms with Gasteiger partial charge in [-0.25, -0.2) is 9.37 Å². The van der Waals surface area contributed by atoms with E-state index in [0.717, 1.165) is 34.6 Å². The number of hydrogen-bond acceptors (Lipinski definition) is 4. The molecule has 1 saturated heterocycles. The van der Waals surface area contributed by atoms with E-state index in [4.69, 9.17) is 0 Å². The summed E-state index contributed by atoms with van der Waals surface area (Å²) in [5.74, 6) is 0.516. The van der Waals surface area contributed by atoms with Gasteiger partial charge < -0.3 is 9.88 Å². The van der Waals surface area contributed by atoms with Crippen molar-refractivity contribution < 1.29 is 9.18 Å². The van der Waals surface area contributed by atoms with Gasteiger partial charge in [0.25, 0.3) is 0 Å². The van der Waals surface area contributed by atoms with Crippen LogP contribution in [0.2, 0.25) is 0 Å². The lowest BCUT2D eigenvalue weighted by atomic mass is 10.0. The van der Waals surface area contributed by atoms with Crippen LogP contribution < -0.4 is 5.32 Å². The number of piperidine rings is 1. The third-order valence-corrected chi connectivity index (χ3v) is 7.00. The molecule has 1 N–H and O–H groups in total. The number of likely N-dealkylation sites (tertiary alicyclic amines) is 1. The molecule has 164 valence electrons. The van der Waals surface area contributed by atoms with E-state index in [-0.39, 0.29) is 11.7 Å². The molecule has 31 heavy (non-hydrogen) atoms. The summed E-state index contributed by atoms with van der Waals surface area (Å²) in [6.45, 7) is 5.29. The first-order chi connectivity index (χ1) is 15.1. The molecule has 1 fully saturated rings. The number of fused-ring (bicyclic) bond motifs is 1. The Morgan fingerprint density at radius 3 is 2.87 bits per heavy atom. The summed E-state index contributed by atoms with van der Waals surface area (Å²) < 4.78 is 15.1. The lowest BCUT2D eigenvalue weighted by Crippen LogP contribution is -2.42. The van der Waals surface area contributed by atoms with Crippen LogP contribution in [0.25, 0.3) is 10.9 Å². The number of halogens is 1. The molecule has 0 radical (unpaired) electrons. The number of benzene rings is 1. The number of rotatable bonds is 8. The predicted octanol–water partition coefficient (Wildman–Crippen LogP) is 4.46. The maximum absolute atomic E-state index is 13.1. The molecule has 3 aromatic rings. The second-order valence-corrected chi connectivity index (χ2v) is 9.10. The van der Waals surface area contributed by atoms with E-state index in [1.54, 1.807) is 30.1 Å². The molecule has 1 amide bonds. The molecule has 1 aliphatic rings. The fourth-order valence-electron chi connectivity index (χ4n) is 4.12. The maximum atomic E-state index is 13.1. The van der Waals surface area contributed by atoms with Crippen molar-refractivity contribution in [2.24, 2.45) is 0 Å². The van der Waals surface area contributed by atoms with Gasteiger partial charge in [-0.3, -0.25) is 9.69 Å². The van der Waals surface area contributed by atoms with E-state index in [1.807, 2.05) is 22.9 Å². The summed E-state index contributed by atoms with van der Waals surface area (Å²) in [6.07, 6.45) is 7.54. The molecule has 0 aliphatic carbocycles. The summed E-state index contributed by atoms with van der Waals surface area (Å²) in [5, 5.41) is 5.02. The summed E-state index contributed by atoms with van der Waals surface area (Å²) >= 11 is 1.62. The number of nitrogens with zero attached hydrogens (tertiary/aromatic N) is 3. The van der Waals surface area contributed by atoms with Gasteiger partial charge in [-0.2, -0.15) is 0 Å². The van der Waals surface area contributed by atoms with Crippen LogP contribution in [0.15, 0.2) is 53.8 Å². The summed E-state index contributed by atoms with van der Waals surface area (Å²) in [5.41, 5.74) is 2.04. The highest BCUT2D eigenvalue weighted by Crippen LogP contribution is 2.29. The van der Waals surface area contributed by atoms with Crippen molar-refractivity contribution in [3.8, 4) is 0 Å². The van der Waals surface area contributed by atoms with Gasteiger partial charge in [0.15, 0.2) is 0 Å². The summed E-state index contributed by atoms with van der Waals surface area (Å²) in [6, 6.07) is 11.1. The van der Waals surface area contributed by atoms with Crippen molar-refractivity contribution in [3.63, 3.8) is 0 Å². The van der Waals surface area contributed by atoms with Gasteiger partial charge in [-0.1, -0.05) is 18.6 Å². The van der Waals surface area contributed by atoms with E-state index in [2.05, 4.69) is 22.1 Å². The van der Waals surface area contributed by atoms with Crippen molar-refractivity contribution in [2.75, 3.05) is 19.6 Å². The number of hydrogen-bond donors (Lipinski definition) is 1. The lowest BCUT2D eigenvalue weighted by Gasteiger charge is -2.33. The fraction of sp³-hybridized carbons (Fsp3) is 0.417. The first kappa shape index (κ1) is 21.8. The van der Waals surface area contributed by atoms with E-state index < -0.39 is 0 Å². The number of nitrogens with one attached hydrogen (secondary N) is 1. The Morgan fingerprint density at radius 2 is 2.06 bits per heavy atom. The Kier molecular flexibility index (Phi) is 7.25. The predicted molar refractivity (Wildman–Crippen MR) is 124 cm³/mol. The molecule has 5 nitrogen and oxygen atoms in total. The normalized spacial score (nSPS) is 17.2. The maximum Gasteiger partial charge on any atom is 0.239 e. The third-order valence-electron chi connectivity index (χ3n) is 5.93. The second kappa shape index (κ2) is 10.3. The molecule has 1 aromatic carbocycles. The number of thioether (sulfide) groups is 1. The highest BCUT2D eigenvalue weighted by Gasteiger charge is 2.17. The molecular formula is C24H29FN4OS. The monoisotopic (exact) mass is 440 g/mol. The van der Waals surface area contributed by atoms with Crippen LogP contribution in [0.4, 0.5) is 4.39 Å². The lowest BCUT2D eigenvalue weighted by molar-refractivity contribution is -0.121. The number of pyridine rings is 1. The van der Waals surface area contributed by atoms with Crippen LogP contribution in [0.1, 0.15) is 31.7 Å². The van der Waals surface area contributed by atoms with Crippen molar-refractivity contribution >= 4 is 28.6 Å². The smallest absolute Gasteiger partial charge is 0.239 e. The van der Waals surface area contributed by atoms with Gasteiger partial charge in [0.1, 0.15) is 17.4 Å². The zero-order chi connectivity index (χ0) is 21.6. The Bertz CT molecular complexity index is 1020. The van der Waals surface area contributed by atoms with Crippen molar-refractivity contribution in [1.82, 2.24) is 19.8 Å². The minimum Gasteiger partial charge on any atom is -0.353 e. The number of aromatic nitrogens is 2. The topological polar surface area (TPSA) is 50.2 Å². The molecule has 3 heterocycles. The molecule has 0 unspecified atom stereocenters. The second-order valence-electron chi connectivity index (χ2n) is 8.14. The van der Waals surface area contributed by atoms with E-state index in [0.29, 0.717) is 24.9 Å². The molecule has 1 aliphatic heterocycles. The number of amides is 1. The van der Waals surface area contributed by atoms with E-state index in [1.165, 1.54) is 31.4 Å².